The van der Waals surface area contributed by atoms with Crippen LogP contribution in [0.4, 0.5) is 5.82 Å². The first-order chi connectivity index (χ1) is 11.4. The zero-order valence-electron chi connectivity index (χ0n) is 14.3. The molecule has 1 aliphatic carbocycles. The van der Waals surface area contributed by atoms with Crippen LogP contribution < -0.4 is 5.73 Å². The molecule has 1 fully saturated rings. The van der Waals surface area contributed by atoms with Crippen molar-refractivity contribution in [3.63, 3.8) is 0 Å². The molecule has 0 amide bonds. The Hall–Kier alpha value is -1.05. The maximum absolute atomic E-state index is 11.9. The Balaban J connectivity index is 1.67. The largest absolute Gasteiger partial charge is 0.383 e. The fourth-order valence-corrected chi connectivity index (χ4v) is 6.66. The predicted molar refractivity (Wildman–Crippen MR) is 101 cm³/mol. The lowest BCUT2D eigenvalue weighted by Crippen LogP contribution is -2.53. The van der Waals surface area contributed by atoms with Crippen molar-refractivity contribution in [3.8, 4) is 0 Å². The molecule has 2 N–H and O–H groups in total. The Morgan fingerprint density at radius 3 is 2.88 bits per heavy atom. The highest BCUT2D eigenvalue weighted by Gasteiger charge is 2.34. The number of aryl methyl sites for hydroxylation is 2. The number of fused-ring (bicyclic) bond motifs is 3. The zero-order chi connectivity index (χ0) is 16.9. The lowest BCUT2D eigenvalue weighted by molar-refractivity contribution is 0.130. The summed E-state index contributed by atoms with van der Waals surface area (Å²) in [4.78, 5) is 14.3. The molecule has 2 aromatic rings. The minimum atomic E-state index is -0.715. The summed E-state index contributed by atoms with van der Waals surface area (Å²) in [5.41, 5.74) is 7.60. The predicted octanol–water partition coefficient (Wildman–Crippen LogP) is 2.50. The molecule has 4 rings (SSSR count). The van der Waals surface area contributed by atoms with Gasteiger partial charge in [-0.1, -0.05) is 0 Å². The number of hydrogen-bond acceptors (Lipinski definition) is 6. The van der Waals surface area contributed by atoms with Crippen molar-refractivity contribution in [3.05, 3.63) is 16.3 Å². The van der Waals surface area contributed by atoms with Gasteiger partial charge in [-0.2, -0.15) is 0 Å². The molecule has 2 aromatic heterocycles. The van der Waals surface area contributed by atoms with Crippen LogP contribution in [0.1, 0.15) is 43.0 Å². The van der Waals surface area contributed by atoms with E-state index in [1.165, 1.54) is 23.3 Å². The van der Waals surface area contributed by atoms with Crippen LogP contribution in [0.5, 0.6) is 0 Å². The third kappa shape index (κ3) is 2.86. The maximum atomic E-state index is 11.9. The van der Waals surface area contributed by atoms with Crippen LogP contribution >= 0.6 is 11.3 Å². The number of nitrogens with two attached hydrogens (primary N) is 1. The van der Waals surface area contributed by atoms with E-state index in [0.717, 1.165) is 41.2 Å². The molecule has 130 valence electrons. The van der Waals surface area contributed by atoms with Gasteiger partial charge in [0, 0.05) is 39.3 Å². The summed E-state index contributed by atoms with van der Waals surface area (Å²) in [7, 11) is -0.715. The molecular formula is C17H24N4OS2. The average molecular weight is 365 g/mol. The van der Waals surface area contributed by atoms with Gasteiger partial charge in [-0.05, 0) is 45.1 Å². The molecule has 0 spiro atoms. The molecule has 5 nitrogen and oxygen atoms in total. The lowest BCUT2D eigenvalue weighted by atomic mass is 9.97. The van der Waals surface area contributed by atoms with Crippen molar-refractivity contribution >= 4 is 38.2 Å². The summed E-state index contributed by atoms with van der Waals surface area (Å²) in [5, 5.41) is 1.09. The van der Waals surface area contributed by atoms with Crippen LogP contribution in [0, 0.1) is 0 Å². The van der Waals surface area contributed by atoms with E-state index in [9.17, 15) is 4.21 Å². The minimum absolute atomic E-state index is 0.0924. The number of anilines is 1. The van der Waals surface area contributed by atoms with Crippen molar-refractivity contribution in [2.75, 3.05) is 23.8 Å². The summed E-state index contributed by atoms with van der Waals surface area (Å²) >= 11 is 1.79. The van der Waals surface area contributed by atoms with E-state index >= 15 is 0 Å². The molecule has 1 saturated heterocycles. The SMILES string of the molecule is CC1(C)CS(=O)CCN1Cc1nc(N)c2c3c(sc2n1)CCCC3. The van der Waals surface area contributed by atoms with Crippen LogP contribution in [0.25, 0.3) is 10.2 Å². The molecule has 0 bridgehead atoms. The highest BCUT2D eigenvalue weighted by Crippen LogP contribution is 2.38. The molecule has 0 saturated carbocycles. The highest BCUT2D eigenvalue weighted by atomic mass is 32.2. The molecule has 2 aliphatic rings. The van der Waals surface area contributed by atoms with Gasteiger partial charge in [0.25, 0.3) is 0 Å². The Morgan fingerprint density at radius 2 is 2.08 bits per heavy atom. The zero-order valence-corrected chi connectivity index (χ0v) is 15.9. The summed E-state index contributed by atoms with van der Waals surface area (Å²) in [5.74, 6) is 2.86. The van der Waals surface area contributed by atoms with Crippen LogP contribution in [-0.2, 0) is 30.2 Å². The Morgan fingerprint density at radius 1 is 1.29 bits per heavy atom. The minimum Gasteiger partial charge on any atom is -0.383 e. The molecule has 24 heavy (non-hydrogen) atoms. The molecular weight excluding hydrogens is 340 g/mol. The van der Waals surface area contributed by atoms with Gasteiger partial charge in [0.2, 0.25) is 0 Å². The smallest absolute Gasteiger partial charge is 0.146 e. The van der Waals surface area contributed by atoms with E-state index in [1.807, 2.05) is 0 Å². The van der Waals surface area contributed by atoms with Gasteiger partial charge in [-0.3, -0.25) is 9.11 Å². The standard InChI is InChI=1S/C17H24N4OS2/c1-17(2)10-24(22)8-7-21(17)9-13-19-15(18)14-11-5-3-4-6-12(11)23-16(14)20-13/h3-10H2,1-2H3,(H2,18,19,20). The van der Waals surface area contributed by atoms with E-state index in [2.05, 4.69) is 23.7 Å². The molecule has 0 radical (unpaired) electrons. The third-order valence-electron chi connectivity index (χ3n) is 5.18. The van der Waals surface area contributed by atoms with Crippen molar-refractivity contribution < 1.29 is 4.21 Å². The van der Waals surface area contributed by atoms with Crippen molar-refractivity contribution in [2.45, 2.75) is 51.6 Å². The Bertz CT molecular complexity index is 815. The summed E-state index contributed by atoms with van der Waals surface area (Å²) < 4.78 is 11.9. The first kappa shape index (κ1) is 16.4. The first-order valence-electron chi connectivity index (χ1n) is 8.61. The van der Waals surface area contributed by atoms with Gasteiger partial charge in [0.05, 0.1) is 11.9 Å². The van der Waals surface area contributed by atoms with E-state index in [0.29, 0.717) is 18.1 Å². The fraction of sp³-hybridized carbons (Fsp3) is 0.647. The van der Waals surface area contributed by atoms with Crippen LogP contribution in [0.15, 0.2) is 0 Å². The van der Waals surface area contributed by atoms with Gasteiger partial charge in [0.15, 0.2) is 0 Å². The lowest BCUT2D eigenvalue weighted by Gasteiger charge is -2.41. The van der Waals surface area contributed by atoms with Gasteiger partial charge in [0.1, 0.15) is 16.5 Å². The van der Waals surface area contributed by atoms with Crippen LogP contribution in [-0.4, -0.2) is 42.7 Å². The molecule has 3 heterocycles. The Labute approximate surface area is 149 Å². The fourth-order valence-electron chi connectivity index (χ4n) is 3.84. The van der Waals surface area contributed by atoms with Crippen LogP contribution in [0.3, 0.4) is 0 Å². The van der Waals surface area contributed by atoms with Gasteiger partial charge >= 0.3 is 0 Å². The monoisotopic (exact) mass is 364 g/mol. The van der Waals surface area contributed by atoms with Crippen molar-refractivity contribution in [2.24, 2.45) is 0 Å². The van der Waals surface area contributed by atoms with E-state index in [4.69, 9.17) is 10.7 Å². The van der Waals surface area contributed by atoms with E-state index < -0.39 is 10.8 Å². The molecule has 1 aliphatic heterocycles. The second-order valence-electron chi connectivity index (χ2n) is 7.44. The number of aromatic nitrogens is 2. The molecule has 7 heteroatoms. The quantitative estimate of drug-likeness (QED) is 0.886. The average Bonchev–Trinajstić information content (AvgIpc) is 2.88. The third-order valence-corrected chi connectivity index (χ3v) is 8.03. The normalized spacial score (nSPS) is 24.2. The molecule has 1 unspecified atom stereocenters. The topological polar surface area (TPSA) is 72.1 Å². The van der Waals surface area contributed by atoms with Gasteiger partial charge in [-0.15, -0.1) is 11.3 Å². The second kappa shape index (κ2) is 6.04. The summed E-state index contributed by atoms with van der Waals surface area (Å²) in [6.45, 7) is 5.79. The van der Waals surface area contributed by atoms with Crippen molar-refractivity contribution in [1.82, 2.24) is 14.9 Å². The number of thiophene rings is 1. The van der Waals surface area contributed by atoms with Crippen molar-refractivity contribution in [1.29, 1.82) is 0 Å². The summed E-state index contributed by atoms with van der Waals surface area (Å²) in [6, 6.07) is 0. The molecule has 0 aromatic carbocycles. The molecule has 1 atom stereocenters. The van der Waals surface area contributed by atoms with Crippen LogP contribution in [0.2, 0.25) is 0 Å². The number of rotatable bonds is 2. The summed E-state index contributed by atoms with van der Waals surface area (Å²) in [6.07, 6.45) is 4.75. The number of nitrogen functional groups attached to an aromatic ring is 1. The Kier molecular flexibility index (Phi) is 4.13. The second-order valence-corrected chi connectivity index (χ2v) is 10.1. The van der Waals surface area contributed by atoms with Gasteiger partial charge < -0.3 is 5.73 Å². The van der Waals surface area contributed by atoms with E-state index in [1.54, 1.807) is 11.3 Å². The maximum Gasteiger partial charge on any atom is 0.146 e. The first-order valence-corrected chi connectivity index (χ1v) is 10.9. The number of hydrogen-bond donors (Lipinski definition) is 1. The number of nitrogens with zero attached hydrogens (tertiary/aromatic N) is 3. The van der Waals surface area contributed by atoms with E-state index in [-0.39, 0.29) is 5.54 Å². The van der Waals surface area contributed by atoms with Gasteiger partial charge in [-0.25, -0.2) is 9.97 Å². The highest BCUT2D eigenvalue weighted by molar-refractivity contribution is 7.85.